The molecule has 1 N–H and O–H groups in total. The highest BCUT2D eigenvalue weighted by Crippen LogP contribution is 2.16. The summed E-state index contributed by atoms with van der Waals surface area (Å²) in [5.41, 5.74) is 0.849. The van der Waals surface area contributed by atoms with Crippen molar-refractivity contribution >= 4 is 27.7 Å². The molecule has 0 aromatic carbocycles. The number of nitrogens with zero attached hydrogens (tertiary/aromatic N) is 3. The summed E-state index contributed by atoms with van der Waals surface area (Å²) in [6.45, 7) is 2.49. The molecular weight excluding hydrogens is 296 g/mol. The van der Waals surface area contributed by atoms with Crippen molar-refractivity contribution in [3.63, 3.8) is 0 Å². The van der Waals surface area contributed by atoms with E-state index in [1.807, 2.05) is 23.8 Å². The molecule has 0 spiro atoms. The van der Waals surface area contributed by atoms with Crippen LogP contribution in [0.15, 0.2) is 35.3 Å². The van der Waals surface area contributed by atoms with Crippen molar-refractivity contribution in [1.29, 1.82) is 0 Å². The fourth-order valence-corrected chi connectivity index (χ4v) is 1.69. The predicted molar refractivity (Wildman–Crippen MR) is 72.1 cm³/mol. The maximum Gasteiger partial charge on any atom is 0.227 e. The van der Waals surface area contributed by atoms with Crippen LogP contribution >= 0.6 is 15.9 Å². The molecule has 2 heterocycles. The van der Waals surface area contributed by atoms with Crippen molar-refractivity contribution in [1.82, 2.24) is 14.5 Å². The molecule has 0 saturated heterocycles. The fourth-order valence-electron chi connectivity index (χ4n) is 1.47. The van der Waals surface area contributed by atoms with Crippen molar-refractivity contribution in [3.8, 4) is 0 Å². The van der Waals surface area contributed by atoms with Gasteiger partial charge in [-0.05, 0) is 35.0 Å². The number of pyridine rings is 1. The molecule has 0 saturated carbocycles. The largest absolute Gasteiger partial charge is 0.337 e. The Hall–Kier alpha value is -1.69. The van der Waals surface area contributed by atoms with Crippen LogP contribution in [0.5, 0.6) is 0 Å². The average molecular weight is 309 g/mol. The van der Waals surface area contributed by atoms with Crippen molar-refractivity contribution in [3.05, 3.63) is 41.0 Å². The molecule has 2 aromatic rings. The number of amides is 1. The SMILES string of the molecule is Cc1nc(NC(=O)CCn2ccnc2)ccc1Br. The maximum absolute atomic E-state index is 11.7. The third kappa shape index (κ3) is 3.40. The van der Waals surface area contributed by atoms with Gasteiger partial charge in [-0.25, -0.2) is 9.97 Å². The summed E-state index contributed by atoms with van der Waals surface area (Å²) in [5, 5.41) is 2.77. The Morgan fingerprint density at radius 2 is 2.33 bits per heavy atom. The van der Waals surface area contributed by atoms with Gasteiger partial charge in [0, 0.05) is 29.8 Å². The number of rotatable bonds is 4. The van der Waals surface area contributed by atoms with E-state index in [9.17, 15) is 4.79 Å². The Bertz CT molecular complexity index is 539. The van der Waals surface area contributed by atoms with Gasteiger partial charge in [-0.1, -0.05) is 0 Å². The molecule has 6 heteroatoms. The van der Waals surface area contributed by atoms with Gasteiger partial charge < -0.3 is 9.88 Å². The van der Waals surface area contributed by atoms with Crippen LogP contribution in [0.4, 0.5) is 5.82 Å². The molecule has 0 fully saturated rings. The molecule has 0 bridgehead atoms. The molecule has 0 radical (unpaired) electrons. The van der Waals surface area contributed by atoms with Gasteiger partial charge in [0.05, 0.1) is 12.0 Å². The summed E-state index contributed by atoms with van der Waals surface area (Å²) < 4.78 is 2.79. The summed E-state index contributed by atoms with van der Waals surface area (Å²) >= 11 is 3.37. The zero-order valence-electron chi connectivity index (χ0n) is 9.93. The number of imidazole rings is 1. The van der Waals surface area contributed by atoms with E-state index in [2.05, 4.69) is 31.2 Å². The van der Waals surface area contributed by atoms with E-state index in [0.29, 0.717) is 18.8 Å². The highest BCUT2D eigenvalue weighted by atomic mass is 79.9. The van der Waals surface area contributed by atoms with Gasteiger partial charge in [-0.2, -0.15) is 0 Å². The third-order valence-corrected chi connectivity index (χ3v) is 3.28. The fraction of sp³-hybridized carbons (Fsp3) is 0.250. The normalized spacial score (nSPS) is 10.3. The average Bonchev–Trinajstić information content (AvgIpc) is 2.84. The highest BCUT2D eigenvalue weighted by Gasteiger charge is 2.05. The minimum atomic E-state index is -0.0575. The van der Waals surface area contributed by atoms with Gasteiger partial charge in [0.1, 0.15) is 5.82 Å². The van der Waals surface area contributed by atoms with Gasteiger partial charge >= 0.3 is 0 Å². The van der Waals surface area contributed by atoms with Gasteiger partial charge in [0.25, 0.3) is 0 Å². The van der Waals surface area contributed by atoms with E-state index in [0.717, 1.165) is 10.2 Å². The van der Waals surface area contributed by atoms with Crippen LogP contribution in [0.25, 0.3) is 0 Å². The summed E-state index contributed by atoms with van der Waals surface area (Å²) in [6, 6.07) is 3.64. The number of anilines is 1. The molecule has 0 aliphatic heterocycles. The number of aromatic nitrogens is 3. The molecule has 0 aliphatic carbocycles. The van der Waals surface area contributed by atoms with Crippen molar-refractivity contribution in [2.75, 3.05) is 5.32 Å². The van der Waals surface area contributed by atoms with Crippen molar-refractivity contribution in [2.24, 2.45) is 0 Å². The topological polar surface area (TPSA) is 59.8 Å². The first-order valence-electron chi connectivity index (χ1n) is 5.54. The van der Waals surface area contributed by atoms with Crippen LogP contribution in [-0.4, -0.2) is 20.4 Å². The summed E-state index contributed by atoms with van der Waals surface area (Å²) in [6.07, 6.45) is 5.61. The van der Waals surface area contributed by atoms with Gasteiger partial charge in [-0.15, -0.1) is 0 Å². The number of aryl methyl sites for hydroxylation is 2. The molecule has 94 valence electrons. The van der Waals surface area contributed by atoms with Crippen LogP contribution in [0.1, 0.15) is 12.1 Å². The van der Waals surface area contributed by atoms with Gasteiger partial charge in [0.2, 0.25) is 5.91 Å². The minimum Gasteiger partial charge on any atom is -0.337 e. The zero-order chi connectivity index (χ0) is 13.0. The van der Waals surface area contributed by atoms with Crippen LogP contribution in [0, 0.1) is 6.92 Å². The lowest BCUT2D eigenvalue weighted by Gasteiger charge is -2.06. The van der Waals surface area contributed by atoms with Crippen molar-refractivity contribution in [2.45, 2.75) is 19.9 Å². The lowest BCUT2D eigenvalue weighted by atomic mass is 10.3. The smallest absolute Gasteiger partial charge is 0.227 e. The van der Waals surface area contributed by atoms with E-state index in [1.54, 1.807) is 18.6 Å². The zero-order valence-corrected chi connectivity index (χ0v) is 11.5. The van der Waals surface area contributed by atoms with Gasteiger partial charge in [-0.3, -0.25) is 4.79 Å². The first-order chi connectivity index (χ1) is 8.65. The molecule has 0 unspecified atom stereocenters. The molecule has 2 aromatic heterocycles. The van der Waals surface area contributed by atoms with Crippen LogP contribution < -0.4 is 5.32 Å². The predicted octanol–water partition coefficient (Wildman–Crippen LogP) is 2.38. The molecule has 5 nitrogen and oxygen atoms in total. The number of hydrogen-bond acceptors (Lipinski definition) is 3. The first-order valence-corrected chi connectivity index (χ1v) is 6.33. The van der Waals surface area contributed by atoms with Gasteiger partial charge in [0.15, 0.2) is 0 Å². The third-order valence-electron chi connectivity index (χ3n) is 2.45. The molecule has 0 atom stereocenters. The Morgan fingerprint density at radius 3 is 3.00 bits per heavy atom. The number of hydrogen-bond donors (Lipinski definition) is 1. The summed E-state index contributed by atoms with van der Waals surface area (Å²) in [5.74, 6) is 0.518. The van der Waals surface area contributed by atoms with Crippen LogP contribution in [-0.2, 0) is 11.3 Å². The quantitative estimate of drug-likeness (QED) is 0.943. The molecule has 1 amide bonds. The maximum atomic E-state index is 11.7. The van der Waals surface area contributed by atoms with Crippen LogP contribution in [0.2, 0.25) is 0 Å². The van der Waals surface area contributed by atoms with Crippen LogP contribution in [0.3, 0.4) is 0 Å². The monoisotopic (exact) mass is 308 g/mol. The summed E-state index contributed by atoms with van der Waals surface area (Å²) in [4.78, 5) is 19.9. The van der Waals surface area contributed by atoms with Crippen molar-refractivity contribution < 1.29 is 4.79 Å². The molecule has 0 aliphatic rings. The second kappa shape index (κ2) is 5.77. The number of carbonyl (C=O) groups excluding carboxylic acids is 1. The van der Waals surface area contributed by atoms with E-state index >= 15 is 0 Å². The number of carbonyl (C=O) groups is 1. The Balaban J connectivity index is 1.88. The highest BCUT2D eigenvalue weighted by molar-refractivity contribution is 9.10. The molecule has 2 rings (SSSR count). The lowest BCUT2D eigenvalue weighted by Crippen LogP contribution is -2.15. The second-order valence-corrected chi connectivity index (χ2v) is 4.72. The Morgan fingerprint density at radius 1 is 1.50 bits per heavy atom. The first kappa shape index (κ1) is 12.8. The van der Waals surface area contributed by atoms with E-state index < -0.39 is 0 Å². The minimum absolute atomic E-state index is 0.0575. The number of nitrogens with one attached hydrogen (secondary N) is 1. The Labute approximate surface area is 113 Å². The second-order valence-electron chi connectivity index (χ2n) is 3.86. The van der Waals surface area contributed by atoms with E-state index in [1.165, 1.54) is 0 Å². The van der Waals surface area contributed by atoms with E-state index in [-0.39, 0.29) is 5.91 Å². The Kier molecular flexibility index (Phi) is 4.09. The van der Waals surface area contributed by atoms with E-state index in [4.69, 9.17) is 0 Å². The standard InChI is InChI=1S/C12H13BrN4O/c1-9-10(13)2-3-11(15-9)16-12(18)4-6-17-7-5-14-8-17/h2-3,5,7-8H,4,6H2,1H3,(H,15,16,18). The molecule has 18 heavy (non-hydrogen) atoms. The number of halogens is 1. The summed E-state index contributed by atoms with van der Waals surface area (Å²) in [7, 11) is 0. The lowest BCUT2D eigenvalue weighted by molar-refractivity contribution is -0.116. The molecular formula is C12H13BrN4O.